The molecule has 0 radical (unpaired) electrons. The number of rotatable bonds is 4. The van der Waals surface area contributed by atoms with Crippen LogP contribution in [-0.2, 0) is 17.1 Å². The summed E-state index contributed by atoms with van der Waals surface area (Å²) in [7, 11) is -1.63. The van der Waals surface area contributed by atoms with E-state index >= 15 is 0 Å². The van der Waals surface area contributed by atoms with Crippen LogP contribution in [0.3, 0.4) is 0 Å². The van der Waals surface area contributed by atoms with Gasteiger partial charge in [0.1, 0.15) is 0 Å². The number of aromatic nitrogens is 3. The van der Waals surface area contributed by atoms with E-state index < -0.39 is 10.0 Å². The highest BCUT2D eigenvalue weighted by Gasteiger charge is 2.18. The molecule has 0 unspecified atom stereocenters. The fourth-order valence-electron chi connectivity index (χ4n) is 2.96. The molecular formula is C18H21N5O3S. The molecule has 0 saturated heterocycles. The predicted molar refractivity (Wildman–Crippen MR) is 106 cm³/mol. The number of fused-ring (bicyclic) bond motifs is 1. The molecule has 8 nitrogen and oxygen atoms in total. The van der Waals surface area contributed by atoms with Crippen molar-refractivity contribution in [1.29, 1.82) is 0 Å². The predicted octanol–water partition coefficient (Wildman–Crippen LogP) is 2.52. The summed E-state index contributed by atoms with van der Waals surface area (Å²) in [5.41, 5.74) is 4.20. The molecule has 1 amide bonds. The number of carbonyl (C=O) groups is 1. The van der Waals surface area contributed by atoms with E-state index in [0.29, 0.717) is 39.4 Å². The molecule has 0 saturated carbocycles. The Morgan fingerprint density at radius 3 is 2.52 bits per heavy atom. The second-order valence-corrected chi connectivity index (χ2v) is 8.33. The highest BCUT2D eigenvalue weighted by molar-refractivity contribution is 7.92. The van der Waals surface area contributed by atoms with Gasteiger partial charge in [-0.15, -0.1) is 0 Å². The van der Waals surface area contributed by atoms with Gasteiger partial charge in [0, 0.05) is 18.4 Å². The van der Waals surface area contributed by atoms with Gasteiger partial charge in [0.05, 0.1) is 28.6 Å². The van der Waals surface area contributed by atoms with Gasteiger partial charge in [-0.1, -0.05) is 6.07 Å². The largest absolute Gasteiger partial charge is 0.322 e. The van der Waals surface area contributed by atoms with Crippen molar-refractivity contribution in [1.82, 2.24) is 14.8 Å². The number of pyridine rings is 1. The third kappa shape index (κ3) is 3.92. The maximum Gasteiger partial charge on any atom is 0.256 e. The number of anilines is 2. The molecule has 2 N–H and O–H groups in total. The van der Waals surface area contributed by atoms with Crippen LogP contribution in [-0.4, -0.2) is 35.3 Å². The molecule has 2 heterocycles. The topological polar surface area (TPSA) is 106 Å². The number of amides is 1. The van der Waals surface area contributed by atoms with Gasteiger partial charge in [-0.3, -0.25) is 14.2 Å². The van der Waals surface area contributed by atoms with E-state index in [9.17, 15) is 13.2 Å². The van der Waals surface area contributed by atoms with Crippen molar-refractivity contribution in [3.63, 3.8) is 0 Å². The summed E-state index contributed by atoms with van der Waals surface area (Å²) >= 11 is 0. The summed E-state index contributed by atoms with van der Waals surface area (Å²) in [6.07, 6.45) is 1.08. The van der Waals surface area contributed by atoms with Gasteiger partial charge < -0.3 is 5.32 Å². The molecule has 3 aromatic rings. The second kappa shape index (κ2) is 6.66. The molecule has 27 heavy (non-hydrogen) atoms. The van der Waals surface area contributed by atoms with Crippen LogP contribution in [0.4, 0.5) is 11.4 Å². The van der Waals surface area contributed by atoms with E-state index in [-0.39, 0.29) is 5.91 Å². The number of carbonyl (C=O) groups excluding carboxylic acids is 1. The van der Waals surface area contributed by atoms with Crippen LogP contribution in [0.1, 0.15) is 27.3 Å². The Kier molecular flexibility index (Phi) is 4.64. The van der Waals surface area contributed by atoms with Gasteiger partial charge in [-0.2, -0.15) is 5.10 Å². The minimum absolute atomic E-state index is 0.309. The number of sulfonamides is 1. The van der Waals surface area contributed by atoms with Crippen molar-refractivity contribution in [3.8, 4) is 0 Å². The number of aryl methyl sites for hydroxylation is 4. The summed E-state index contributed by atoms with van der Waals surface area (Å²) in [5.74, 6) is -0.309. The molecule has 1 aromatic carbocycles. The quantitative estimate of drug-likeness (QED) is 0.715. The first-order valence-electron chi connectivity index (χ1n) is 8.26. The zero-order valence-corrected chi connectivity index (χ0v) is 16.6. The molecule has 0 bridgehead atoms. The number of nitrogens with one attached hydrogen (secondary N) is 2. The Hall–Kier alpha value is -2.94. The first kappa shape index (κ1) is 18.8. The first-order chi connectivity index (χ1) is 12.5. The lowest BCUT2D eigenvalue weighted by molar-refractivity contribution is 0.102. The Morgan fingerprint density at radius 1 is 1.15 bits per heavy atom. The Labute approximate surface area is 157 Å². The van der Waals surface area contributed by atoms with Crippen LogP contribution in [0, 0.1) is 20.8 Å². The molecule has 2 aromatic heterocycles. The Morgan fingerprint density at radius 2 is 1.85 bits per heavy atom. The van der Waals surface area contributed by atoms with E-state index in [1.807, 2.05) is 13.8 Å². The SMILES string of the molecule is Cc1cc(C(=O)Nc2ccc(C)c(NS(C)(=O)=O)c2)c2c(C)nn(C)c2n1. The van der Waals surface area contributed by atoms with E-state index in [1.165, 1.54) is 0 Å². The maximum absolute atomic E-state index is 12.9. The Bertz CT molecular complexity index is 1170. The molecule has 0 atom stereocenters. The van der Waals surface area contributed by atoms with Crippen LogP contribution >= 0.6 is 0 Å². The molecule has 0 aliphatic heterocycles. The van der Waals surface area contributed by atoms with Gasteiger partial charge in [0.25, 0.3) is 5.91 Å². The minimum Gasteiger partial charge on any atom is -0.322 e. The van der Waals surface area contributed by atoms with Crippen molar-refractivity contribution >= 4 is 38.3 Å². The smallest absolute Gasteiger partial charge is 0.256 e. The molecule has 0 fully saturated rings. The molecule has 0 spiro atoms. The third-order valence-electron chi connectivity index (χ3n) is 4.13. The summed E-state index contributed by atoms with van der Waals surface area (Å²) in [6, 6.07) is 6.78. The van der Waals surface area contributed by atoms with Crippen LogP contribution < -0.4 is 10.0 Å². The second-order valence-electron chi connectivity index (χ2n) is 6.58. The van der Waals surface area contributed by atoms with Crippen LogP contribution in [0.5, 0.6) is 0 Å². The summed E-state index contributed by atoms with van der Waals surface area (Å²) in [5, 5.41) is 7.87. The molecule has 142 valence electrons. The lowest BCUT2D eigenvalue weighted by Gasteiger charge is -2.12. The van der Waals surface area contributed by atoms with Crippen molar-refractivity contribution in [2.75, 3.05) is 16.3 Å². The summed E-state index contributed by atoms with van der Waals surface area (Å²) < 4.78 is 27.1. The number of hydrogen-bond acceptors (Lipinski definition) is 5. The lowest BCUT2D eigenvalue weighted by Crippen LogP contribution is -2.15. The van der Waals surface area contributed by atoms with Crippen molar-refractivity contribution < 1.29 is 13.2 Å². The fourth-order valence-corrected chi connectivity index (χ4v) is 3.58. The first-order valence-corrected chi connectivity index (χ1v) is 10.1. The van der Waals surface area contributed by atoms with Gasteiger partial charge in [-0.05, 0) is 44.5 Å². The van der Waals surface area contributed by atoms with Crippen LogP contribution in [0.25, 0.3) is 11.0 Å². The van der Waals surface area contributed by atoms with Gasteiger partial charge in [0.15, 0.2) is 5.65 Å². The van der Waals surface area contributed by atoms with Crippen molar-refractivity contribution in [2.24, 2.45) is 7.05 Å². The van der Waals surface area contributed by atoms with E-state index in [0.717, 1.165) is 11.8 Å². The molecule has 0 aliphatic carbocycles. The Balaban J connectivity index is 1.99. The van der Waals surface area contributed by atoms with Gasteiger partial charge in [0.2, 0.25) is 10.0 Å². The minimum atomic E-state index is -3.42. The molecule has 9 heteroatoms. The van der Waals surface area contributed by atoms with Crippen LogP contribution in [0.2, 0.25) is 0 Å². The average molecular weight is 387 g/mol. The zero-order valence-electron chi connectivity index (χ0n) is 15.8. The lowest BCUT2D eigenvalue weighted by atomic mass is 10.1. The summed E-state index contributed by atoms with van der Waals surface area (Å²) in [4.78, 5) is 17.4. The fraction of sp³-hybridized carbons (Fsp3) is 0.278. The molecule has 0 aliphatic rings. The number of hydrogen-bond donors (Lipinski definition) is 2. The highest BCUT2D eigenvalue weighted by atomic mass is 32.2. The van der Waals surface area contributed by atoms with E-state index in [2.05, 4.69) is 20.1 Å². The average Bonchev–Trinajstić information content (AvgIpc) is 2.83. The monoisotopic (exact) mass is 387 g/mol. The highest BCUT2D eigenvalue weighted by Crippen LogP contribution is 2.25. The third-order valence-corrected chi connectivity index (χ3v) is 4.72. The van der Waals surface area contributed by atoms with Crippen molar-refractivity contribution in [3.05, 3.63) is 46.8 Å². The van der Waals surface area contributed by atoms with Crippen LogP contribution in [0.15, 0.2) is 24.3 Å². The van der Waals surface area contributed by atoms with Crippen molar-refractivity contribution in [2.45, 2.75) is 20.8 Å². The zero-order chi connectivity index (χ0) is 19.9. The number of nitrogens with zero attached hydrogens (tertiary/aromatic N) is 3. The van der Waals surface area contributed by atoms with E-state index in [4.69, 9.17) is 0 Å². The maximum atomic E-state index is 12.9. The molecule has 3 rings (SSSR count). The normalized spacial score (nSPS) is 11.6. The molecular weight excluding hydrogens is 366 g/mol. The van der Waals surface area contributed by atoms with E-state index in [1.54, 1.807) is 42.9 Å². The van der Waals surface area contributed by atoms with Gasteiger partial charge in [-0.25, -0.2) is 13.4 Å². The standard InChI is InChI=1S/C18H21N5O3S/c1-10-6-7-13(9-15(10)22-27(5,25)26)20-18(24)14-8-11(2)19-17-16(14)12(3)21-23(17)4/h6-9,22H,1-5H3,(H,20,24). The number of benzene rings is 1. The van der Waals surface area contributed by atoms with Gasteiger partial charge >= 0.3 is 0 Å². The summed E-state index contributed by atoms with van der Waals surface area (Å²) in [6.45, 7) is 5.43.